The van der Waals surface area contributed by atoms with Crippen molar-refractivity contribution >= 4 is 40.7 Å². The van der Waals surface area contributed by atoms with Crippen molar-refractivity contribution in [3.63, 3.8) is 0 Å². The first-order valence-electron chi connectivity index (χ1n) is 7.88. The van der Waals surface area contributed by atoms with Gasteiger partial charge in [-0.3, -0.25) is 19.7 Å². The van der Waals surface area contributed by atoms with Crippen molar-refractivity contribution in [2.24, 2.45) is 0 Å². The number of alkyl halides is 3. The van der Waals surface area contributed by atoms with Crippen molar-refractivity contribution in [1.29, 1.82) is 0 Å². The molecule has 0 aliphatic carbocycles. The SMILES string of the molecule is CC1(C)C(=O)NC(=S)N2C(=O)C[C@@H](C(=O)Nc3cccc(C(F)(F)F)c3)N21. The van der Waals surface area contributed by atoms with Gasteiger partial charge in [-0.2, -0.15) is 18.2 Å². The molecule has 27 heavy (non-hydrogen) atoms. The molecule has 7 nitrogen and oxygen atoms in total. The predicted molar refractivity (Wildman–Crippen MR) is 92.0 cm³/mol. The minimum atomic E-state index is -4.56. The number of hydrazine groups is 1. The molecule has 2 heterocycles. The van der Waals surface area contributed by atoms with Crippen LogP contribution in [0.4, 0.5) is 18.9 Å². The van der Waals surface area contributed by atoms with Crippen LogP contribution in [0.1, 0.15) is 25.8 Å². The van der Waals surface area contributed by atoms with Crippen LogP contribution in [0.25, 0.3) is 0 Å². The molecule has 1 atom stereocenters. The van der Waals surface area contributed by atoms with Gasteiger partial charge in [0.2, 0.25) is 17.7 Å². The van der Waals surface area contributed by atoms with Crippen molar-refractivity contribution < 1.29 is 27.6 Å². The number of hydrogen-bond acceptors (Lipinski definition) is 5. The standard InChI is InChI=1S/C16H15F3N4O3S/c1-15(2)13(26)21-14(27)22-11(24)7-10(23(15)22)12(25)20-9-5-3-4-8(6-9)16(17,18)19/h3-6,10H,7H2,1-2H3,(H,20,25)(H,21,26,27)/t10-/m0/s1. The summed E-state index contributed by atoms with van der Waals surface area (Å²) < 4.78 is 38.5. The molecule has 3 rings (SSSR count). The summed E-state index contributed by atoms with van der Waals surface area (Å²) in [6, 6.07) is 3.06. The maximum absolute atomic E-state index is 12.8. The van der Waals surface area contributed by atoms with E-state index in [1.165, 1.54) is 24.9 Å². The van der Waals surface area contributed by atoms with E-state index >= 15 is 0 Å². The van der Waals surface area contributed by atoms with E-state index in [0.29, 0.717) is 0 Å². The number of carbonyl (C=O) groups excluding carboxylic acids is 3. The normalized spacial score (nSPS) is 22.5. The van der Waals surface area contributed by atoms with Crippen molar-refractivity contribution in [3.05, 3.63) is 29.8 Å². The highest BCUT2D eigenvalue weighted by Gasteiger charge is 2.56. The van der Waals surface area contributed by atoms with E-state index in [1.807, 2.05) is 0 Å². The Morgan fingerprint density at radius 1 is 1.33 bits per heavy atom. The summed E-state index contributed by atoms with van der Waals surface area (Å²) in [5.74, 6) is -1.69. The molecule has 0 unspecified atom stereocenters. The number of benzene rings is 1. The van der Waals surface area contributed by atoms with Crippen LogP contribution >= 0.6 is 12.2 Å². The molecule has 2 fully saturated rings. The van der Waals surface area contributed by atoms with Crippen LogP contribution in [-0.4, -0.2) is 44.4 Å². The highest BCUT2D eigenvalue weighted by atomic mass is 32.1. The van der Waals surface area contributed by atoms with Gasteiger partial charge < -0.3 is 5.32 Å². The number of fused-ring (bicyclic) bond motifs is 1. The topological polar surface area (TPSA) is 81.8 Å². The molecule has 2 aliphatic rings. The van der Waals surface area contributed by atoms with Gasteiger partial charge in [0, 0.05) is 5.69 Å². The fourth-order valence-corrected chi connectivity index (χ4v) is 3.34. The van der Waals surface area contributed by atoms with E-state index < -0.39 is 41.0 Å². The lowest BCUT2D eigenvalue weighted by atomic mass is 10.00. The number of nitrogens with one attached hydrogen (secondary N) is 2. The van der Waals surface area contributed by atoms with Gasteiger partial charge in [0.1, 0.15) is 11.6 Å². The largest absolute Gasteiger partial charge is 0.416 e. The molecule has 0 radical (unpaired) electrons. The third-order valence-corrected chi connectivity index (χ3v) is 4.69. The number of halogens is 3. The fourth-order valence-electron chi connectivity index (χ4n) is 3.06. The second-order valence-corrected chi connectivity index (χ2v) is 7.04. The van der Waals surface area contributed by atoms with Crippen LogP contribution in [0.3, 0.4) is 0 Å². The van der Waals surface area contributed by atoms with Crippen LogP contribution in [0.15, 0.2) is 24.3 Å². The minimum absolute atomic E-state index is 0.0671. The molecule has 2 aliphatic heterocycles. The van der Waals surface area contributed by atoms with Crippen LogP contribution < -0.4 is 10.6 Å². The maximum atomic E-state index is 12.8. The fraction of sp³-hybridized carbons (Fsp3) is 0.375. The Morgan fingerprint density at radius 2 is 2.00 bits per heavy atom. The van der Waals surface area contributed by atoms with Gasteiger partial charge in [-0.15, -0.1) is 0 Å². The summed E-state index contributed by atoms with van der Waals surface area (Å²) in [4.78, 5) is 37.2. The first kappa shape index (κ1) is 19.2. The van der Waals surface area contributed by atoms with Crippen LogP contribution in [0, 0.1) is 0 Å². The zero-order chi connectivity index (χ0) is 20.1. The van der Waals surface area contributed by atoms with Crippen molar-refractivity contribution in [3.8, 4) is 0 Å². The van der Waals surface area contributed by atoms with Crippen molar-refractivity contribution in [1.82, 2.24) is 15.3 Å². The molecule has 1 aromatic rings. The average Bonchev–Trinajstić information content (AvgIpc) is 2.92. The molecular weight excluding hydrogens is 385 g/mol. The van der Waals surface area contributed by atoms with E-state index in [0.717, 1.165) is 23.2 Å². The monoisotopic (exact) mass is 400 g/mol. The minimum Gasteiger partial charge on any atom is -0.325 e. The Morgan fingerprint density at radius 3 is 2.63 bits per heavy atom. The van der Waals surface area contributed by atoms with Crippen LogP contribution in [0.5, 0.6) is 0 Å². The second-order valence-electron chi connectivity index (χ2n) is 6.66. The van der Waals surface area contributed by atoms with Gasteiger partial charge in [0.15, 0.2) is 5.11 Å². The molecule has 3 amide bonds. The van der Waals surface area contributed by atoms with Gasteiger partial charge >= 0.3 is 6.18 Å². The number of amides is 3. The lowest BCUT2D eigenvalue weighted by Crippen LogP contribution is -2.71. The smallest absolute Gasteiger partial charge is 0.325 e. The third kappa shape index (κ3) is 3.28. The molecule has 0 aromatic heterocycles. The Balaban J connectivity index is 1.88. The highest BCUT2D eigenvalue weighted by Crippen LogP contribution is 2.34. The van der Waals surface area contributed by atoms with Crippen molar-refractivity contribution in [2.75, 3.05) is 5.32 Å². The van der Waals surface area contributed by atoms with E-state index in [4.69, 9.17) is 12.2 Å². The van der Waals surface area contributed by atoms with E-state index in [1.54, 1.807) is 0 Å². The van der Waals surface area contributed by atoms with Crippen molar-refractivity contribution in [2.45, 2.75) is 38.0 Å². The Bertz CT molecular complexity index is 856. The lowest BCUT2D eigenvalue weighted by molar-refractivity contribution is -0.154. The Hall–Kier alpha value is -2.53. The number of nitrogens with zero attached hydrogens (tertiary/aromatic N) is 2. The molecule has 11 heteroatoms. The molecule has 0 saturated carbocycles. The number of thiocarbonyl (C=S) groups is 1. The predicted octanol–water partition coefficient (Wildman–Crippen LogP) is 1.66. The molecule has 2 N–H and O–H groups in total. The summed E-state index contributed by atoms with van der Waals surface area (Å²) in [5, 5.41) is 6.96. The van der Waals surface area contributed by atoms with Gasteiger partial charge in [-0.25, -0.2) is 5.01 Å². The zero-order valence-corrected chi connectivity index (χ0v) is 15.1. The number of rotatable bonds is 2. The Kier molecular flexibility index (Phi) is 4.47. The van der Waals surface area contributed by atoms with Gasteiger partial charge in [0.05, 0.1) is 12.0 Å². The zero-order valence-electron chi connectivity index (χ0n) is 14.3. The Labute approximate surface area is 157 Å². The quantitative estimate of drug-likeness (QED) is 0.738. The number of carbonyl (C=O) groups is 3. The summed E-state index contributed by atoms with van der Waals surface area (Å²) in [6.45, 7) is 3.03. The summed E-state index contributed by atoms with van der Waals surface area (Å²) in [7, 11) is 0. The molecular formula is C16H15F3N4O3S. The van der Waals surface area contributed by atoms with Gasteiger partial charge in [-0.05, 0) is 44.3 Å². The summed E-state index contributed by atoms with van der Waals surface area (Å²) >= 11 is 5.00. The van der Waals surface area contributed by atoms with E-state index in [9.17, 15) is 27.6 Å². The molecule has 144 valence electrons. The third-order valence-electron chi connectivity index (χ3n) is 4.42. The first-order chi connectivity index (χ1) is 12.4. The number of hydrogen-bond donors (Lipinski definition) is 2. The van der Waals surface area contributed by atoms with E-state index in [-0.39, 0.29) is 17.2 Å². The number of anilines is 1. The van der Waals surface area contributed by atoms with E-state index in [2.05, 4.69) is 10.6 Å². The molecule has 0 bridgehead atoms. The maximum Gasteiger partial charge on any atom is 0.416 e. The molecule has 2 saturated heterocycles. The van der Waals surface area contributed by atoms with Gasteiger partial charge in [-0.1, -0.05) is 6.07 Å². The molecule has 0 spiro atoms. The van der Waals surface area contributed by atoms with Crippen LogP contribution in [-0.2, 0) is 20.6 Å². The summed E-state index contributed by atoms with van der Waals surface area (Å²) in [6.07, 6.45) is -4.82. The molecule has 1 aromatic carbocycles. The highest BCUT2D eigenvalue weighted by molar-refractivity contribution is 7.80. The van der Waals surface area contributed by atoms with Crippen LogP contribution in [0.2, 0.25) is 0 Å². The van der Waals surface area contributed by atoms with Gasteiger partial charge in [0.25, 0.3) is 0 Å². The lowest BCUT2D eigenvalue weighted by Gasteiger charge is -2.45. The second kappa shape index (κ2) is 6.27. The summed E-state index contributed by atoms with van der Waals surface area (Å²) in [5.41, 5.74) is -2.24. The average molecular weight is 400 g/mol. The first-order valence-corrected chi connectivity index (χ1v) is 8.29.